The van der Waals surface area contributed by atoms with Gasteiger partial charge in [0.1, 0.15) is 0 Å². The Hall–Kier alpha value is -0.910. The zero-order valence-electron chi connectivity index (χ0n) is 6.00. The van der Waals surface area contributed by atoms with Gasteiger partial charge in [-0.2, -0.15) is 0 Å². The standard InChI is InChI=1S/C5H10F2N2O2/c1-3(2-4(6)7)9(8)5(10)11/h3-4H,2,8H2,1H3,(H,10,11). The molecule has 1 amide bonds. The molecule has 0 saturated heterocycles. The fourth-order valence-corrected chi connectivity index (χ4v) is 0.560. The van der Waals surface area contributed by atoms with Gasteiger partial charge in [0.15, 0.2) is 0 Å². The summed E-state index contributed by atoms with van der Waals surface area (Å²) in [5.41, 5.74) is 0. The minimum Gasteiger partial charge on any atom is -0.464 e. The van der Waals surface area contributed by atoms with Crippen LogP contribution in [0.2, 0.25) is 0 Å². The van der Waals surface area contributed by atoms with E-state index in [1.807, 2.05) is 0 Å². The molecule has 0 saturated carbocycles. The van der Waals surface area contributed by atoms with Gasteiger partial charge < -0.3 is 5.11 Å². The third-order valence-corrected chi connectivity index (χ3v) is 1.22. The normalized spacial score (nSPS) is 13.2. The highest BCUT2D eigenvalue weighted by Crippen LogP contribution is 2.07. The number of nitrogens with zero attached hydrogens (tertiary/aromatic N) is 1. The lowest BCUT2D eigenvalue weighted by atomic mass is 10.2. The van der Waals surface area contributed by atoms with E-state index in [0.717, 1.165) is 0 Å². The molecule has 0 aromatic carbocycles. The molecule has 0 aromatic heterocycles. The molecule has 11 heavy (non-hydrogen) atoms. The molecular formula is C5H10F2N2O2. The smallest absolute Gasteiger partial charge is 0.421 e. The van der Waals surface area contributed by atoms with Crippen LogP contribution in [0.1, 0.15) is 13.3 Å². The summed E-state index contributed by atoms with van der Waals surface area (Å²) in [6.45, 7) is 1.32. The first kappa shape index (κ1) is 10.1. The maximum absolute atomic E-state index is 11.6. The minimum absolute atomic E-state index is 0.367. The Labute approximate surface area is 62.6 Å². The van der Waals surface area contributed by atoms with Crippen molar-refractivity contribution >= 4 is 6.09 Å². The van der Waals surface area contributed by atoms with Gasteiger partial charge in [-0.15, -0.1) is 0 Å². The molecule has 0 aromatic rings. The van der Waals surface area contributed by atoms with Crippen molar-refractivity contribution in [2.45, 2.75) is 25.8 Å². The van der Waals surface area contributed by atoms with Gasteiger partial charge in [-0.1, -0.05) is 0 Å². The summed E-state index contributed by atoms with van der Waals surface area (Å²) < 4.78 is 23.3. The minimum atomic E-state index is -2.53. The van der Waals surface area contributed by atoms with E-state index in [0.29, 0.717) is 5.01 Å². The highest BCUT2D eigenvalue weighted by Gasteiger charge is 2.18. The number of carboxylic acid groups (broad SMARTS) is 1. The number of carbonyl (C=O) groups is 1. The second-order valence-corrected chi connectivity index (χ2v) is 2.17. The van der Waals surface area contributed by atoms with E-state index in [9.17, 15) is 13.6 Å². The number of hydrazine groups is 1. The Balaban J connectivity index is 3.82. The van der Waals surface area contributed by atoms with Gasteiger partial charge in [-0.3, -0.25) is 0 Å². The monoisotopic (exact) mass is 168 g/mol. The lowest BCUT2D eigenvalue weighted by molar-refractivity contribution is 0.0805. The first-order chi connectivity index (χ1) is 4.95. The highest BCUT2D eigenvalue weighted by molar-refractivity contribution is 5.64. The van der Waals surface area contributed by atoms with E-state index in [-0.39, 0.29) is 0 Å². The second-order valence-electron chi connectivity index (χ2n) is 2.17. The largest absolute Gasteiger partial charge is 0.464 e. The van der Waals surface area contributed by atoms with E-state index in [1.54, 1.807) is 0 Å². The van der Waals surface area contributed by atoms with Crippen molar-refractivity contribution in [3.63, 3.8) is 0 Å². The molecule has 0 aliphatic rings. The summed E-state index contributed by atoms with van der Waals surface area (Å²) >= 11 is 0. The number of alkyl halides is 2. The van der Waals surface area contributed by atoms with Crippen molar-refractivity contribution in [2.75, 3.05) is 0 Å². The molecule has 0 bridgehead atoms. The van der Waals surface area contributed by atoms with E-state index in [4.69, 9.17) is 10.9 Å². The van der Waals surface area contributed by atoms with Crippen molar-refractivity contribution in [2.24, 2.45) is 5.84 Å². The summed E-state index contributed by atoms with van der Waals surface area (Å²) in [6, 6.07) is -0.854. The van der Waals surface area contributed by atoms with Crippen LogP contribution in [-0.4, -0.2) is 28.7 Å². The zero-order valence-corrected chi connectivity index (χ0v) is 6.00. The topological polar surface area (TPSA) is 66.6 Å². The molecule has 0 aliphatic carbocycles. The number of rotatable bonds is 3. The van der Waals surface area contributed by atoms with Crippen LogP contribution >= 0.6 is 0 Å². The van der Waals surface area contributed by atoms with Gasteiger partial charge in [0.2, 0.25) is 6.43 Å². The average molecular weight is 168 g/mol. The second kappa shape index (κ2) is 4.07. The fraction of sp³-hybridized carbons (Fsp3) is 0.800. The van der Waals surface area contributed by atoms with E-state index >= 15 is 0 Å². The Kier molecular flexibility index (Phi) is 3.73. The lowest BCUT2D eigenvalue weighted by Gasteiger charge is -2.20. The number of hydrogen-bond acceptors (Lipinski definition) is 2. The zero-order chi connectivity index (χ0) is 9.02. The lowest BCUT2D eigenvalue weighted by Crippen LogP contribution is -2.44. The summed E-state index contributed by atoms with van der Waals surface area (Å²) in [7, 11) is 0. The summed E-state index contributed by atoms with van der Waals surface area (Å²) in [5, 5.41) is 8.59. The average Bonchev–Trinajstić information content (AvgIpc) is 1.84. The van der Waals surface area contributed by atoms with Crippen molar-refractivity contribution < 1.29 is 18.7 Å². The van der Waals surface area contributed by atoms with E-state index < -0.39 is 25.0 Å². The maximum atomic E-state index is 11.6. The van der Waals surface area contributed by atoms with Crippen LogP contribution in [-0.2, 0) is 0 Å². The molecular weight excluding hydrogens is 158 g/mol. The molecule has 0 heterocycles. The Bertz CT molecular complexity index is 142. The SMILES string of the molecule is CC(CC(F)F)N(N)C(=O)O. The van der Waals surface area contributed by atoms with Gasteiger partial charge in [-0.05, 0) is 6.92 Å². The van der Waals surface area contributed by atoms with Crippen molar-refractivity contribution in [3.05, 3.63) is 0 Å². The van der Waals surface area contributed by atoms with Crippen LogP contribution in [0.15, 0.2) is 0 Å². The van der Waals surface area contributed by atoms with Gasteiger partial charge in [0, 0.05) is 6.42 Å². The summed E-state index contributed by atoms with van der Waals surface area (Å²) in [6.07, 6.45) is -4.48. The van der Waals surface area contributed by atoms with Gasteiger partial charge >= 0.3 is 6.09 Å². The third kappa shape index (κ3) is 3.72. The van der Waals surface area contributed by atoms with Crippen LogP contribution in [0, 0.1) is 0 Å². The molecule has 0 rings (SSSR count). The van der Waals surface area contributed by atoms with Crippen molar-refractivity contribution in [1.29, 1.82) is 0 Å². The first-order valence-electron chi connectivity index (χ1n) is 3.00. The van der Waals surface area contributed by atoms with Crippen LogP contribution in [0.4, 0.5) is 13.6 Å². The number of hydrogen-bond donors (Lipinski definition) is 2. The van der Waals surface area contributed by atoms with Gasteiger partial charge in [0.25, 0.3) is 0 Å². The molecule has 3 N–H and O–H groups in total. The summed E-state index contributed by atoms with van der Waals surface area (Å²) in [4.78, 5) is 10.1. The molecule has 0 aliphatic heterocycles. The molecule has 6 heteroatoms. The van der Waals surface area contributed by atoms with Crippen molar-refractivity contribution in [1.82, 2.24) is 5.01 Å². The van der Waals surface area contributed by atoms with Gasteiger partial charge in [-0.25, -0.2) is 24.4 Å². The number of halogens is 2. The number of amides is 1. The predicted octanol–water partition coefficient (Wildman–Crippen LogP) is 0.884. The molecule has 1 atom stereocenters. The molecule has 0 spiro atoms. The fourth-order valence-electron chi connectivity index (χ4n) is 0.560. The molecule has 1 unspecified atom stereocenters. The van der Waals surface area contributed by atoms with Crippen LogP contribution in [0.5, 0.6) is 0 Å². The van der Waals surface area contributed by atoms with Gasteiger partial charge in [0.05, 0.1) is 6.04 Å². The predicted molar refractivity (Wildman–Crippen MR) is 34.1 cm³/mol. The van der Waals surface area contributed by atoms with Crippen molar-refractivity contribution in [3.8, 4) is 0 Å². The molecule has 66 valence electrons. The highest BCUT2D eigenvalue weighted by atomic mass is 19.3. The Morgan fingerprint density at radius 1 is 1.73 bits per heavy atom. The van der Waals surface area contributed by atoms with E-state index in [2.05, 4.69) is 0 Å². The van der Waals surface area contributed by atoms with Crippen LogP contribution < -0.4 is 5.84 Å². The molecule has 0 radical (unpaired) electrons. The Morgan fingerprint density at radius 3 is 2.45 bits per heavy atom. The Morgan fingerprint density at radius 2 is 2.18 bits per heavy atom. The van der Waals surface area contributed by atoms with Crippen LogP contribution in [0.3, 0.4) is 0 Å². The quantitative estimate of drug-likeness (QED) is 0.373. The number of nitrogens with two attached hydrogens (primary N) is 1. The van der Waals surface area contributed by atoms with E-state index in [1.165, 1.54) is 6.92 Å². The molecule has 0 fully saturated rings. The maximum Gasteiger partial charge on any atom is 0.421 e. The van der Waals surface area contributed by atoms with Crippen LogP contribution in [0.25, 0.3) is 0 Å². The summed E-state index contributed by atoms with van der Waals surface area (Å²) in [5.74, 6) is 4.91. The first-order valence-corrected chi connectivity index (χ1v) is 3.00. The third-order valence-electron chi connectivity index (χ3n) is 1.22. The molecule has 4 nitrogen and oxygen atoms in total.